The quantitative estimate of drug-likeness (QED) is 0.225. The largest absolute Gasteiger partial charge is 1.00 e. The van der Waals surface area contributed by atoms with E-state index in [9.17, 15) is 33.8 Å². The minimum absolute atomic E-state index is 0. The van der Waals surface area contributed by atoms with Crippen LogP contribution >= 0.6 is 15.2 Å². The molecule has 0 aliphatic heterocycles. The van der Waals surface area contributed by atoms with Gasteiger partial charge in [0.15, 0.2) is 0 Å². The van der Waals surface area contributed by atoms with Crippen molar-refractivity contribution in [3.05, 3.63) is 0 Å². The van der Waals surface area contributed by atoms with E-state index in [2.05, 4.69) is 0 Å². The molecule has 0 aromatic carbocycles. The van der Waals surface area contributed by atoms with Crippen LogP contribution in [0.4, 0.5) is 0 Å². The number of unbranched alkanes of at least 4 members (excludes halogenated alkanes) is 2. The molecule has 0 aliphatic rings. The van der Waals surface area contributed by atoms with Crippen LogP contribution < -0.4 is 138 Å². The standard InChI is InChI=1S/C9H23NO7P2.4Na/c1-3-4-5-7-10(2)8-6-9(11,18(12,13)14)19(15,16)17;;;;/h11H,3-8H2,1-2H3,(H2,12,13,14)(H2,15,16,17);;;;/q;4*+1/p-4. The first kappa shape index (κ1) is 37.9. The number of aliphatic hydroxyl groups is 1. The fourth-order valence-corrected chi connectivity index (χ4v) is 3.46. The normalized spacial score (nSPS) is 11.7. The maximum absolute atomic E-state index is 10.8. The Hall–Kier alpha value is 4.22. The molecule has 23 heavy (non-hydrogen) atoms. The summed E-state index contributed by atoms with van der Waals surface area (Å²) in [5, 5.41) is 5.65. The zero-order valence-corrected chi connectivity index (χ0v) is 24.8. The molecule has 0 spiro atoms. The smallest absolute Gasteiger partial charge is 0.808 e. The third kappa shape index (κ3) is 13.9. The Bertz CT molecular complexity index is 357. The molecule has 8 nitrogen and oxygen atoms in total. The number of nitrogens with zero attached hydrogens (tertiary/aromatic N) is 1. The van der Waals surface area contributed by atoms with Gasteiger partial charge in [0.2, 0.25) is 0 Å². The summed E-state index contributed by atoms with van der Waals surface area (Å²) >= 11 is 0. The summed E-state index contributed by atoms with van der Waals surface area (Å²) in [5.74, 6) is 0. The zero-order valence-electron chi connectivity index (χ0n) is 15.0. The number of rotatable bonds is 9. The molecule has 0 bridgehead atoms. The SMILES string of the molecule is CCCCCN(C)CCC(O)(P(=O)([O-])[O-])P(=O)([O-])[O-].[Na+].[Na+].[Na+].[Na+]. The first-order valence-electron chi connectivity index (χ1n) is 5.91. The van der Waals surface area contributed by atoms with E-state index < -0.39 is 26.7 Å². The van der Waals surface area contributed by atoms with Crippen molar-refractivity contribution in [1.82, 2.24) is 4.90 Å². The first-order chi connectivity index (χ1) is 8.45. The Morgan fingerprint density at radius 2 is 1.30 bits per heavy atom. The van der Waals surface area contributed by atoms with E-state index in [1.807, 2.05) is 6.92 Å². The first-order valence-corrected chi connectivity index (χ1v) is 8.99. The molecule has 0 saturated heterocycles. The minimum atomic E-state index is -5.96. The van der Waals surface area contributed by atoms with Gasteiger partial charge >= 0.3 is 118 Å². The van der Waals surface area contributed by atoms with Gasteiger partial charge in [0.05, 0.1) is 0 Å². The van der Waals surface area contributed by atoms with Crippen LogP contribution in [0, 0.1) is 0 Å². The number of hydrogen-bond donors (Lipinski definition) is 1. The molecule has 0 aliphatic carbocycles. The zero-order chi connectivity index (χ0) is 15.3. The van der Waals surface area contributed by atoms with Gasteiger partial charge in [-0.1, -0.05) is 19.8 Å². The average molecular weight is 407 g/mol. The van der Waals surface area contributed by atoms with Crippen molar-refractivity contribution >= 4 is 15.2 Å². The van der Waals surface area contributed by atoms with Gasteiger partial charge in [-0.25, -0.2) is 0 Å². The number of hydrogen-bond acceptors (Lipinski definition) is 8. The summed E-state index contributed by atoms with van der Waals surface area (Å²) in [6.45, 7) is 2.37. The average Bonchev–Trinajstić information content (AvgIpc) is 2.23. The molecule has 0 heterocycles. The minimum Gasteiger partial charge on any atom is -0.808 e. The van der Waals surface area contributed by atoms with Crippen molar-refractivity contribution in [2.75, 3.05) is 20.1 Å². The predicted molar refractivity (Wildman–Crippen MR) is 61.8 cm³/mol. The van der Waals surface area contributed by atoms with Crippen LogP contribution in [-0.2, 0) is 9.13 Å². The Morgan fingerprint density at radius 1 is 0.913 bits per heavy atom. The molecule has 14 heteroatoms. The molecule has 116 valence electrons. The van der Waals surface area contributed by atoms with E-state index in [0.717, 1.165) is 19.3 Å². The van der Waals surface area contributed by atoms with Crippen LogP contribution in [0.2, 0.25) is 0 Å². The summed E-state index contributed by atoms with van der Waals surface area (Å²) in [7, 11) is -10.3. The van der Waals surface area contributed by atoms with E-state index in [1.54, 1.807) is 11.9 Å². The second-order valence-corrected chi connectivity index (χ2v) is 8.35. The molecule has 1 N–H and O–H groups in total. The van der Waals surface area contributed by atoms with Gasteiger partial charge < -0.3 is 38.7 Å². The van der Waals surface area contributed by atoms with Crippen molar-refractivity contribution in [3.8, 4) is 0 Å². The monoisotopic (exact) mass is 407 g/mol. The van der Waals surface area contributed by atoms with Crippen LogP contribution in [-0.4, -0.2) is 35.2 Å². The second-order valence-electron chi connectivity index (χ2n) is 4.53. The van der Waals surface area contributed by atoms with Crippen molar-refractivity contribution in [2.45, 2.75) is 37.7 Å². The van der Waals surface area contributed by atoms with Crippen LogP contribution in [0.5, 0.6) is 0 Å². The summed E-state index contributed by atoms with van der Waals surface area (Å²) in [6.07, 6.45) is 1.79. The van der Waals surface area contributed by atoms with Gasteiger partial charge in [-0.05, 0) is 41.6 Å². The summed E-state index contributed by atoms with van der Waals surface area (Å²) in [6, 6.07) is 0. The summed E-state index contributed by atoms with van der Waals surface area (Å²) in [4.78, 5) is 44.8. The molecule has 0 rings (SSSR count). The van der Waals surface area contributed by atoms with Gasteiger partial charge in [-0.15, -0.1) is 0 Å². The third-order valence-corrected chi connectivity index (χ3v) is 6.52. The fourth-order valence-electron chi connectivity index (χ4n) is 1.51. The van der Waals surface area contributed by atoms with Gasteiger partial charge in [0.1, 0.15) is 5.08 Å². The molecule has 0 fully saturated rings. The van der Waals surface area contributed by atoms with Crippen LogP contribution in [0.25, 0.3) is 0 Å². The van der Waals surface area contributed by atoms with E-state index in [0.29, 0.717) is 6.54 Å². The summed E-state index contributed by atoms with van der Waals surface area (Å²) in [5.41, 5.74) is 0. The molecular formula is C9H19NNa4O7P2. The van der Waals surface area contributed by atoms with Gasteiger partial charge in [0, 0.05) is 6.54 Å². The van der Waals surface area contributed by atoms with Crippen molar-refractivity contribution in [1.29, 1.82) is 0 Å². The molecule has 0 saturated carbocycles. The van der Waals surface area contributed by atoms with E-state index >= 15 is 0 Å². The molecule has 0 amide bonds. The molecular weight excluding hydrogens is 388 g/mol. The maximum Gasteiger partial charge on any atom is 1.00 e. The van der Waals surface area contributed by atoms with E-state index in [4.69, 9.17) is 0 Å². The van der Waals surface area contributed by atoms with Crippen molar-refractivity contribution in [2.24, 2.45) is 0 Å². The Labute approximate surface area is 226 Å². The Kier molecular flexibility index (Phi) is 28.2. The molecule has 0 unspecified atom stereocenters. The molecule has 0 aromatic heterocycles. The summed E-state index contributed by atoms with van der Waals surface area (Å²) < 4.78 is 21.6. The Morgan fingerprint density at radius 3 is 1.61 bits per heavy atom. The van der Waals surface area contributed by atoms with Gasteiger partial charge in [-0.3, -0.25) is 0 Å². The maximum atomic E-state index is 10.8. The van der Waals surface area contributed by atoms with Crippen LogP contribution in [0.1, 0.15) is 32.6 Å². The molecule has 0 radical (unpaired) electrons. The van der Waals surface area contributed by atoms with E-state index in [-0.39, 0.29) is 125 Å². The van der Waals surface area contributed by atoms with Crippen molar-refractivity contribution in [3.63, 3.8) is 0 Å². The topological polar surface area (TPSA) is 150 Å². The Balaban J connectivity index is -0.000000270. The molecule has 0 aromatic rings. The fraction of sp³-hybridized carbons (Fsp3) is 1.00. The van der Waals surface area contributed by atoms with Gasteiger partial charge in [-0.2, -0.15) is 0 Å². The van der Waals surface area contributed by atoms with E-state index in [1.165, 1.54) is 0 Å². The van der Waals surface area contributed by atoms with Crippen LogP contribution in [0.3, 0.4) is 0 Å². The second kappa shape index (κ2) is 17.1. The third-order valence-electron chi connectivity index (χ3n) is 2.85. The predicted octanol–water partition coefficient (Wildman–Crippen LogP) is -14.0. The van der Waals surface area contributed by atoms with Gasteiger partial charge in [0.25, 0.3) is 0 Å². The molecule has 0 atom stereocenters. The van der Waals surface area contributed by atoms with Crippen LogP contribution in [0.15, 0.2) is 0 Å². The van der Waals surface area contributed by atoms with Crippen molar-refractivity contribution < 1.29 is 152 Å².